The van der Waals surface area contributed by atoms with E-state index >= 15 is 0 Å². The normalized spacial score (nSPS) is 10.9. The second kappa shape index (κ2) is 5.38. The van der Waals surface area contributed by atoms with Gasteiger partial charge < -0.3 is 9.47 Å². The molecule has 0 atom stereocenters. The number of rotatable bonds is 4. The van der Waals surface area contributed by atoms with Crippen LogP contribution in [0.2, 0.25) is 0 Å². The van der Waals surface area contributed by atoms with Crippen LogP contribution in [0.5, 0.6) is 11.5 Å². The average Bonchev–Trinajstić information content (AvgIpc) is 2.10. The first-order chi connectivity index (χ1) is 7.00. The van der Waals surface area contributed by atoms with E-state index in [2.05, 4.69) is 9.47 Å². The SMILES string of the molecule is FC(F)Oc1cccc(OC(F)F)c1I. The van der Waals surface area contributed by atoms with E-state index in [4.69, 9.17) is 0 Å². The van der Waals surface area contributed by atoms with Crippen molar-refractivity contribution < 1.29 is 27.0 Å². The van der Waals surface area contributed by atoms with Crippen molar-refractivity contribution in [3.05, 3.63) is 21.8 Å². The Morgan fingerprint density at radius 2 is 1.33 bits per heavy atom. The molecule has 0 aliphatic rings. The molecule has 0 aromatic heterocycles. The summed E-state index contributed by atoms with van der Waals surface area (Å²) in [4.78, 5) is 0. The van der Waals surface area contributed by atoms with Gasteiger partial charge in [0.15, 0.2) is 0 Å². The summed E-state index contributed by atoms with van der Waals surface area (Å²) in [7, 11) is 0. The zero-order valence-electron chi connectivity index (χ0n) is 7.09. The highest BCUT2D eigenvalue weighted by Crippen LogP contribution is 2.31. The van der Waals surface area contributed by atoms with Crippen LogP contribution in [0, 0.1) is 3.57 Å². The fraction of sp³-hybridized carbons (Fsp3) is 0.250. The van der Waals surface area contributed by atoms with E-state index in [0.717, 1.165) is 0 Å². The van der Waals surface area contributed by atoms with E-state index in [1.807, 2.05) is 0 Å². The number of hydrogen-bond donors (Lipinski definition) is 0. The second-order valence-corrected chi connectivity index (χ2v) is 3.40. The minimum Gasteiger partial charge on any atom is -0.434 e. The maximum atomic E-state index is 11.9. The summed E-state index contributed by atoms with van der Waals surface area (Å²) in [6.07, 6.45) is 0. The van der Waals surface area contributed by atoms with Gasteiger partial charge in [0, 0.05) is 0 Å². The van der Waals surface area contributed by atoms with Gasteiger partial charge in [0.05, 0.1) is 3.57 Å². The molecule has 0 unspecified atom stereocenters. The molecule has 0 fully saturated rings. The number of benzene rings is 1. The maximum absolute atomic E-state index is 11.9. The first-order valence-electron chi connectivity index (χ1n) is 3.69. The first kappa shape index (κ1) is 12.3. The van der Waals surface area contributed by atoms with Gasteiger partial charge in [-0.1, -0.05) is 6.07 Å². The summed E-state index contributed by atoms with van der Waals surface area (Å²) >= 11 is 1.59. The van der Waals surface area contributed by atoms with Crippen LogP contribution in [-0.4, -0.2) is 13.2 Å². The Labute approximate surface area is 96.3 Å². The Morgan fingerprint density at radius 1 is 0.933 bits per heavy atom. The van der Waals surface area contributed by atoms with Crippen molar-refractivity contribution >= 4 is 22.6 Å². The molecule has 84 valence electrons. The molecule has 0 aliphatic carbocycles. The van der Waals surface area contributed by atoms with Gasteiger partial charge in [0.25, 0.3) is 0 Å². The summed E-state index contributed by atoms with van der Waals surface area (Å²) in [6, 6.07) is 3.77. The molecule has 0 heterocycles. The lowest BCUT2D eigenvalue weighted by atomic mass is 10.3. The second-order valence-electron chi connectivity index (χ2n) is 2.33. The van der Waals surface area contributed by atoms with E-state index in [1.165, 1.54) is 18.2 Å². The standard InChI is InChI=1S/C8H5F4IO2/c9-7(10)14-4-2-1-3-5(6(4)13)15-8(11)12/h1-3,7-8H. The molecular formula is C8H5F4IO2. The molecule has 0 amide bonds. The molecule has 1 rings (SSSR count). The fourth-order valence-corrected chi connectivity index (χ4v) is 1.48. The van der Waals surface area contributed by atoms with Crippen LogP contribution in [-0.2, 0) is 0 Å². The molecule has 0 bridgehead atoms. The highest BCUT2D eigenvalue weighted by atomic mass is 127. The molecule has 0 N–H and O–H groups in total. The molecule has 0 aliphatic heterocycles. The number of hydrogen-bond acceptors (Lipinski definition) is 2. The summed E-state index contributed by atoms with van der Waals surface area (Å²) in [6.45, 7) is -6.00. The van der Waals surface area contributed by atoms with E-state index in [1.54, 1.807) is 22.6 Å². The third kappa shape index (κ3) is 3.73. The Kier molecular flexibility index (Phi) is 4.43. The van der Waals surface area contributed by atoms with Crippen LogP contribution in [0.1, 0.15) is 0 Å². The monoisotopic (exact) mass is 336 g/mol. The zero-order valence-corrected chi connectivity index (χ0v) is 9.25. The van der Waals surface area contributed by atoms with Crippen LogP contribution in [0.3, 0.4) is 0 Å². The smallest absolute Gasteiger partial charge is 0.387 e. The molecule has 7 heteroatoms. The van der Waals surface area contributed by atoms with Crippen molar-refractivity contribution in [1.82, 2.24) is 0 Å². The quantitative estimate of drug-likeness (QED) is 0.619. The summed E-state index contributed by atoms with van der Waals surface area (Å²) in [5.74, 6) is -0.382. The Hall–Kier alpha value is -0.730. The third-order valence-electron chi connectivity index (χ3n) is 1.36. The van der Waals surface area contributed by atoms with Gasteiger partial charge >= 0.3 is 13.2 Å². The van der Waals surface area contributed by atoms with Gasteiger partial charge in [0.1, 0.15) is 11.5 Å². The van der Waals surface area contributed by atoms with Crippen LogP contribution >= 0.6 is 22.6 Å². The van der Waals surface area contributed by atoms with Gasteiger partial charge in [-0.3, -0.25) is 0 Å². The van der Waals surface area contributed by atoms with Crippen LogP contribution in [0.4, 0.5) is 17.6 Å². The average molecular weight is 336 g/mol. The van der Waals surface area contributed by atoms with Gasteiger partial charge in [-0.05, 0) is 34.7 Å². The van der Waals surface area contributed by atoms with Crippen molar-refractivity contribution in [2.24, 2.45) is 0 Å². The van der Waals surface area contributed by atoms with E-state index < -0.39 is 13.2 Å². The van der Waals surface area contributed by atoms with Crippen molar-refractivity contribution in [2.45, 2.75) is 13.2 Å². The van der Waals surface area contributed by atoms with E-state index in [0.29, 0.717) is 0 Å². The molecular weight excluding hydrogens is 331 g/mol. The predicted octanol–water partition coefficient (Wildman–Crippen LogP) is 3.49. The Balaban J connectivity index is 2.90. The molecule has 1 aromatic carbocycles. The molecule has 0 saturated carbocycles. The maximum Gasteiger partial charge on any atom is 0.387 e. The summed E-state index contributed by atoms with van der Waals surface area (Å²) < 4.78 is 55.8. The van der Waals surface area contributed by atoms with Crippen LogP contribution in [0.25, 0.3) is 0 Å². The molecule has 15 heavy (non-hydrogen) atoms. The minimum atomic E-state index is -3.00. The molecule has 0 radical (unpaired) electrons. The Morgan fingerprint density at radius 3 is 1.67 bits per heavy atom. The number of halogens is 5. The van der Waals surface area contributed by atoms with E-state index in [9.17, 15) is 17.6 Å². The van der Waals surface area contributed by atoms with Gasteiger partial charge in [-0.25, -0.2) is 0 Å². The Bertz CT molecular complexity index is 304. The van der Waals surface area contributed by atoms with E-state index in [-0.39, 0.29) is 15.1 Å². The van der Waals surface area contributed by atoms with Crippen molar-refractivity contribution in [3.63, 3.8) is 0 Å². The molecule has 0 saturated heterocycles. The lowest BCUT2D eigenvalue weighted by molar-refractivity contribution is -0.0554. The molecule has 0 spiro atoms. The zero-order chi connectivity index (χ0) is 11.4. The highest BCUT2D eigenvalue weighted by molar-refractivity contribution is 14.1. The fourth-order valence-electron chi connectivity index (χ4n) is 0.865. The summed E-state index contributed by atoms with van der Waals surface area (Å²) in [5, 5.41) is 0. The highest BCUT2D eigenvalue weighted by Gasteiger charge is 2.14. The van der Waals surface area contributed by atoms with Gasteiger partial charge in [-0.15, -0.1) is 0 Å². The lowest BCUT2D eigenvalue weighted by Crippen LogP contribution is -2.06. The van der Waals surface area contributed by atoms with Crippen LogP contribution < -0.4 is 9.47 Å². The van der Waals surface area contributed by atoms with Crippen molar-refractivity contribution in [3.8, 4) is 11.5 Å². The topological polar surface area (TPSA) is 18.5 Å². The minimum absolute atomic E-state index is 0.0794. The van der Waals surface area contributed by atoms with Gasteiger partial charge in [0.2, 0.25) is 0 Å². The van der Waals surface area contributed by atoms with Crippen molar-refractivity contribution in [2.75, 3.05) is 0 Å². The molecule has 1 aromatic rings. The molecule has 2 nitrogen and oxygen atoms in total. The summed E-state index contributed by atoms with van der Waals surface area (Å²) in [5.41, 5.74) is 0. The first-order valence-corrected chi connectivity index (χ1v) is 4.76. The number of ether oxygens (including phenoxy) is 2. The van der Waals surface area contributed by atoms with Crippen LogP contribution in [0.15, 0.2) is 18.2 Å². The lowest BCUT2D eigenvalue weighted by Gasteiger charge is -2.11. The largest absolute Gasteiger partial charge is 0.434 e. The predicted molar refractivity (Wildman–Crippen MR) is 52.4 cm³/mol. The number of alkyl halides is 4. The third-order valence-corrected chi connectivity index (χ3v) is 2.42. The van der Waals surface area contributed by atoms with Crippen molar-refractivity contribution in [1.29, 1.82) is 0 Å². The van der Waals surface area contributed by atoms with Gasteiger partial charge in [-0.2, -0.15) is 17.6 Å².